The number of aryl methyl sites for hydroxylation is 1. The van der Waals surface area contributed by atoms with E-state index in [-0.39, 0.29) is 25.2 Å². The number of hydrogen-bond donors (Lipinski definition) is 1. The van der Waals surface area contributed by atoms with Crippen LogP contribution in [0.5, 0.6) is 0 Å². The van der Waals surface area contributed by atoms with Gasteiger partial charge in [0.05, 0.1) is 14.2 Å². The Labute approximate surface area is 176 Å². The molecule has 0 fully saturated rings. The number of hydrogen-bond acceptors (Lipinski definition) is 6. The summed E-state index contributed by atoms with van der Waals surface area (Å²) in [7, 11) is 2.11. The first-order valence-corrected chi connectivity index (χ1v) is 11.3. The van der Waals surface area contributed by atoms with Crippen molar-refractivity contribution in [2.75, 3.05) is 31.9 Å². The van der Waals surface area contributed by atoms with E-state index in [4.69, 9.17) is 13.9 Å². The van der Waals surface area contributed by atoms with Crippen molar-refractivity contribution in [3.63, 3.8) is 0 Å². The first-order chi connectivity index (χ1) is 14.4. The minimum atomic E-state index is -0.793. The molecule has 158 valence electrons. The van der Waals surface area contributed by atoms with Gasteiger partial charge in [0, 0.05) is 22.4 Å². The molecule has 7 nitrogen and oxygen atoms in total. The van der Waals surface area contributed by atoms with Crippen molar-refractivity contribution in [1.29, 1.82) is 0 Å². The van der Waals surface area contributed by atoms with E-state index < -0.39 is 11.9 Å². The lowest BCUT2D eigenvalue weighted by Gasteiger charge is -2.14. The molecule has 0 saturated carbocycles. The SMILES string of the molecule is CCP(CC)c1ccc2c(c1)/C(=C/c1c(C)oc(C(=O)OC)c1C(=O)OC)C(=O)N2. The number of carbonyl (C=O) groups excluding carboxylic acids is 3. The van der Waals surface area contributed by atoms with Crippen LogP contribution < -0.4 is 10.6 Å². The lowest BCUT2D eigenvalue weighted by molar-refractivity contribution is -0.110. The van der Waals surface area contributed by atoms with Gasteiger partial charge in [-0.15, -0.1) is 0 Å². The summed E-state index contributed by atoms with van der Waals surface area (Å²) >= 11 is 0. The summed E-state index contributed by atoms with van der Waals surface area (Å²) in [6.07, 6.45) is 3.68. The van der Waals surface area contributed by atoms with Crippen molar-refractivity contribution in [3.05, 3.63) is 46.4 Å². The Hall–Kier alpha value is -2.92. The molecule has 3 rings (SSSR count). The average Bonchev–Trinajstić information content (AvgIpc) is 3.24. The van der Waals surface area contributed by atoms with Crippen LogP contribution in [0.15, 0.2) is 22.6 Å². The summed E-state index contributed by atoms with van der Waals surface area (Å²) in [5.41, 5.74) is 2.14. The van der Waals surface area contributed by atoms with Crippen LogP contribution in [0.3, 0.4) is 0 Å². The summed E-state index contributed by atoms with van der Waals surface area (Å²) in [5.74, 6) is -1.76. The normalized spacial score (nSPS) is 14.1. The van der Waals surface area contributed by atoms with Crippen molar-refractivity contribution in [2.45, 2.75) is 20.8 Å². The van der Waals surface area contributed by atoms with E-state index in [9.17, 15) is 14.4 Å². The van der Waals surface area contributed by atoms with Crippen LogP contribution >= 0.6 is 7.92 Å². The molecule has 30 heavy (non-hydrogen) atoms. The molecule has 0 aliphatic carbocycles. The zero-order chi connectivity index (χ0) is 22.0. The molecule has 1 aliphatic rings. The number of amides is 1. The van der Waals surface area contributed by atoms with E-state index in [1.807, 2.05) is 12.1 Å². The van der Waals surface area contributed by atoms with Crippen LogP contribution in [0.25, 0.3) is 11.6 Å². The van der Waals surface area contributed by atoms with E-state index in [0.29, 0.717) is 22.6 Å². The molecular weight excluding hydrogens is 405 g/mol. The van der Waals surface area contributed by atoms with E-state index in [1.54, 1.807) is 13.0 Å². The number of ether oxygens (including phenoxy) is 2. The molecule has 2 aromatic rings. The maximum atomic E-state index is 12.7. The summed E-state index contributed by atoms with van der Waals surface area (Å²) < 4.78 is 15.1. The number of fused-ring (bicyclic) bond motifs is 1. The van der Waals surface area contributed by atoms with Crippen LogP contribution in [0.1, 0.15) is 51.6 Å². The fourth-order valence-electron chi connectivity index (χ4n) is 3.52. The summed E-state index contributed by atoms with van der Waals surface area (Å²) in [5, 5.41) is 4.07. The Morgan fingerprint density at radius 3 is 2.40 bits per heavy atom. The largest absolute Gasteiger partial charge is 0.465 e. The third-order valence-corrected chi connectivity index (χ3v) is 7.63. The predicted molar refractivity (Wildman–Crippen MR) is 117 cm³/mol. The van der Waals surface area contributed by atoms with Gasteiger partial charge in [-0.2, -0.15) is 0 Å². The molecule has 0 bridgehead atoms. The first-order valence-electron chi connectivity index (χ1n) is 9.58. The van der Waals surface area contributed by atoms with Crippen LogP contribution in [0, 0.1) is 6.92 Å². The zero-order valence-electron chi connectivity index (χ0n) is 17.6. The van der Waals surface area contributed by atoms with Crippen molar-refractivity contribution in [2.24, 2.45) is 0 Å². The number of esters is 2. The third-order valence-electron chi connectivity index (χ3n) is 5.09. The van der Waals surface area contributed by atoms with Gasteiger partial charge in [-0.3, -0.25) is 4.79 Å². The second-order valence-electron chi connectivity index (χ2n) is 6.67. The summed E-state index contributed by atoms with van der Waals surface area (Å²) in [6, 6.07) is 6.00. The Kier molecular flexibility index (Phi) is 6.42. The monoisotopic (exact) mass is 429 g/mol. The second kappa shape index (κ2) is 8.84. The quantitative estimate of drug-likeness (QED) is 0.426. The minimum Gasteiger partial charge on any atom is -0.465 e. The van der Waals surface area contributed by atoms with E-state index in [1.165, 1.54) is 19.5 Å². The molecule has 1 N–H and O–H groups in total. The van der Waals surface area contributed by atoms with E-state index >= 15 is 0 Å². The standard InChI is InChI=1S/C22H24NO6P/c1-6-30(7-2)13-8-9-17-15(10-13)16(20(24)23-17)11-14-12(3)29-19(22(26)28-5)18(14)21(25)27-4/h8-11H,6-7H2,1-5H3,(H,23,24)/b16-11-. The number of nitrogens with one attached hydrogen (secondary N) is 1. The van der Waals surface area contributed by atoms with Gasteiger partial charge in [0.25, 0.3) is 5.91 Å². The van der Waals surface area contributed by atoms with Gasteiger partial charge >= 0.3 is 11.9 Å². The van der Waals surface area contributed by atoms with E-state index in [0.717, 1.165) is 17.9 Å². The average molecular weight is 429 g/mol. The van der Waals surface area contributed by atoms with Crippen molar-refractivity contribution >= 4 is 48.4 Å². The minimum absolute atomic E-state index is 0.0591. The molecule has 8 heteroatoms. The number of anilines is 1. The molecule has 1 amide bonds. The molecule has 0 atom stereocenters. The highest BCUT2D eigenvalue weighted by atomic mass is 31.1. The van der Waals surface area contributed by atoms with Gasteiger partial charge in [0.1, 0.15) is 11.3 Å². The lowest BCUT2D eigenvalue weighted by Crippen LogP contribution is -2.11. The first kappa shape index (κ1) is 21.8. The van der Waals surface area contributed by atoms with Crippen molar-refractivity contribution in [1.82, 2.24) is 0 Å². The van der Waals surface area contributed by atoms with Crippen molar-refractivity contribution < 1.29 is 28.3 Å². The Balaban J connectivity index is 2.18. The molecule has 0 radical (unpaired) electrons. The van der Waals surface area contributed by atoms with Gasteiger partial charge in [-0.1, -0.05) is 27.8 Å². The highest BCUT2D eigenvalue weighted by Gasteiger charge is 2.31. The molecule has 1 aromatic carbocycles. The van der Waals surface area contributed by atoms with Crippen LogP contribution in [-0.4, -0.2) is 44.4 Å². The number of benzene rings is 1. The zero-order valence-corrected chi connectivity index (χ0v) is 18.5. The maximum Gasteiger partial charge on any atom is 0.374 e. The second-order valence-corrected chi connectivity index (χ2v) is 9.53. The molecule has 0 unspecified atom stereocenters. The fourth-order valence-corrected chi connectivity index (χ4v) is 5.30. The van der Waals surface area contributed by atoms with Gasteiger partial charge in [-0.05, 0) is 42.8 Å². The van der Waals surface area contributed by atoms with Gasteiger partial charge in [0.2, 0.25) is 5.76 Å². The van der Waals surface area contributed by atoms with Crippen LogP contribution in [-0.2, 0) is 14.3 Å². The summed E-state index contributed by atoms with van der Waals surface area (Å²) in [6.45, 7) is 5.94. The van der Waals surface area contributed by atoms with Gasteiger partial charge < -0.3 is 19.2 Å². The Morgan fingerprint density at radius 2 is 1.80 bits per heavy atom. The number of rotatable bonds is 6. The highest BCUT2D eigenvalue weighted by Crippen LogP contribution is 2.39. The molecular formula is C22H24NO6P. The van der Waals surface area contributed by atoms with Crippen LogP contribution in [0.2, 0.25) is 0 Å². The number of methoxy groups -OCH3 is 2. The topological polar surface area (TPSA) is 94.8 Å². The smallest absolute Gasteiger partial charge is 0.374 e. The Bertz CT molecular complexity index is 1050. The Morgan fingerprint density at radius 1 is 1.13 bits per heavy atom. The van der Waals surface area contributed by atoms with Gasteiger partial charge in [0.15, 0.2) is 0 Å². The lowest BCUT2D eigenvalue weighted by atomic mass is 10.0. The number of furan rings is 1. The molecule has 0 saturated heterocycles. The van der Waals surface area contributed by atoms with Crippen LogP contribution in [0.4, 0.5) is 5.69 Å². The third kappa shape index (κ3) is 3.77. The van der Waals surface area contributed by atoms with Gasteiger partial charge in [-0.25, -0.2) is 9.59 Å². The maximum absolute atomic E-state index is 12.7. The fraction of sp³-hybridized carbons (Fsp3) is 0.318. The summed E-state index contributed by atoms with van der Waals surface area (Å²) in [4.78, 5) is 37.2. The molecule has 1 aliphatic heterocycles. The highest BCUT2D eigenvalue weighted by molar-refractivity contribution is 7.65. The molecule has 0 spiro atoms. The number of carbonyl (C=O) groups is 3. The molecule has 1 aromatic heterocycles. The van der Waals surface area contributed by atoms with Crippen molar-refractivity contribution in [3.8, 4) is 0 Å². The van der Waals surface area contributed by atoms with E-state index in [2.05, 4.69) is 25.2 Å². The predicted octanol–water partition coefficient (Wildman–Crippen LogP) is 3.80. The molecule has 2 heterocycles.